The lowest BCUT2D eigenvalue weighted by atomic mass is 10.1. The average Bonchev–Trinajstić information content (AvgIpc) is 2.83. The average molecular weight is 288 g/mol. The van der Waals surface area contributed by atoms with Crippen LogP contribution in [0.15, 0.2) is 42.5 Å². The van der Waals surface area contributed by atoms with Gasteiger partial charge in [0.05, 0.1) is 10.4 Å². The lowest BCUT2D eigenvalue weighted by molar-refractivity contribution is 0.103. The molecule has 3 rings (SSSR count). The van der Waals surface area contributed by atoms with E-state index in [0.29, 0.717) is 10.3 Å². The van der Waals surface area contributed by atoms with Crippen molar-refractivity contribution in [1.82, 2.24) is 0 Å². The fourth-order valence-corrected chi connectivity index (χ4v) is 3.07. The minimum absolute atomic E-state index is 0.0528. The summed E-state index contributed by atoms with van der Waals surface area (Å²) >= 11 is 1.24. The van der Waals surface area contributed by atoms with Gasteiger partial charge in [0.2, 0.25) is 5.78 Å². The molecule has 0 aliphatic carbocycles. The van der Waals surface area contributed by atoms with Gasteiger partial charge in [0.1, 0.15) is 11.6 Å². The number of halogens is 2. The largest absolute Gasteiger partial charge is 0.288 e. The van der Waals surface area contributed by atoms with E-state index in [4.69, 9.17) is 0 Å². The van der Waals surface area contributed by atoms with Crippen LogP contribution in [0.25, 0.3) is 10.1 Å². The molecule has 0 bridgehead atoms. The molecular formula is C16H10F2OS. The normalized spacial score (nSPS) is 10.9. The zero-order valence-corrected chi connectivity index (χ0v) is 11.4. The van der Waals surface area contributed by atoms with Crippen LogP contribution < -0.4 is 0 Å². The summed E-state index contributed by atoms with van der Waals surface area (Å²) in [7, 11) is 0. The Kier molecular flexibility index (Phi) is 3.10. The third kappa shape index (κ3) is 2.23. The van der Waals surface area contributed by atoms with Crippen molar-refractivity contribution in [3.05, 3.63) is 70.1 Å². The van der Waals surface area contributed by atoms with Crippen molar-refractivity contribution in [2.75, 3.05) is 0 Å². The molecule has 0 radical (unpaired) electrons. The lowest BCUT2D eigenvalue weighted by Crippen LogP contribution is -2.02. The van der Waals surface area contributed by atoms with Crippen molar-refractivity contribution in [2.24, 2.45) is 0 Å². The summed E-state index contributed by atoms with van der Waals surface area (Å²) in [4.78, 5) is 12.8. The smallest absolute Gasteiger partial charge is 0.205 e. The number of aryl methyl sites for hydroxylation is 1. The van der Waals surface area contributed by atoms with Gasteiger partial charge in [-0.25, -0.2) is 8.78 Å². The first-order valence-corrected chi connectivity index (χ1v) is 6.86. The van der Waals surface area contributed by atoms with E-state index < -0.39 is 5.82 Å². The Hall–Kier alpha value is -2.07. The highest BCUT2D eigenvalue weighted by atomic mass is 32.1. The van der Waals surface area contributed by atoms with Gasteiger partial charge >= 0.3 is 0 Å². The number of fused-ring (bicyclic) bond motifs is 1. The van der Waals surface area contributed by atoms with Crippen molar-refractivity contribution < 1.29 is 13.6 Å². The molecule has 0 spiro atoms. The maximum atomic E-state index is 13.7. The van der Waals surface area contributed by atoms with E-state index in [1.165, 1.54) is 35.6 Å². The quantitative estimate of drug-likeness (QED) is 0.624. The maximum Gasteiger partial charge on any atom is 0.205 e. The molecule has 1 nitrogen and oxygen atoms in total. The highest BCUT2D eigenvalue weighted by Crippen LogP contribution is 2.28. The Bertz CT molecular complexity index is 820. The SMILES string of the molecule is Cc1ccc(F)c(C(=O)c2cc3cc(F)ccc3s2)c1. The van der Waals surface area contributed by atoms with Crippen LogP contribution in [0.2, 0.25) is 0 Å². The van der Waals surface area contributed by atoms with Crippen LogP contribution in [0.1, 0.15) is 20.8 Å². The summed E-state index contributed by atoms with van der Waals surface area (Å²) in [5, 5.41) is 0.659. The Morgan fingerprint density at radius 1 is 1.05 bits per heavy atom. The van der Waals surface area contributed by atoms with Crippen LogP contribution in [0.4, 0.5) is 8.78 Å². The third-order valence-corrected chi connectivity index (χ3v) is 4.18. The van der Waals surface area contributed by atoms with Crippen LogP contribution >= 0.6 is 11.3 Å². The Balaban J connectivity index is 2.10. The van der Waals surface area contributed by atoms with Crippen LogP contribution in [-0.2, 0) is 0 Å². The van der Waals surface area contributed by atoms with E-state index in [-0.39, 0.29) is 17.2 Å². The molecule has 2 aromatic carbocycles. The summed E-state index contributed by atoms with van der Waals surface area (Å²) in [5.41, 5.74) is 0.874. The summed E-state index contributed by atoms with van der Waals surface area (Å²) in [6, 6.07) is 10.4. The van der Waals surface area contributed by atoms with Gasteiger partial charge in [-0.15, -0.1) is 11.3 Å². The standard InChI is InChI=1S/C16H10F2OS/c1-9-2-4-13(18)12(6-9)16(19)15-8-10-7-11(17)3-5-14(10)20-15/h2-8H,1H3. The molecule has 0 atom stereocenters. The van der Waals surface area contributed by atoms with Gasteiger partial charge in [0.25, 0.3) is 0 Å². The molecule has 4 heteroatoms. The van der Waals surface area contributed by atoms with E-state index in [9.17, 15) is 13.6 Å². The van der Waals surface area contributed by atoms with Gasteiger partial charge in [0.15, 0.2) is 0 Å². The lowest BCUT2D eigenvalue weighted by Gasteiger charge is -2.01. The Morgan fingerprint density at radius 3 is 2.65 bits per heavy atom. The predicted octanol–water partition coefficient (Wildman–Crippen LogP) is 4.72. The van der Waals surface area contributed by atoms with Crippen molar-refractivity contribution in [3.8, 4) is 0 Å². The zero-order valence-electron chi connectivity index (χ0n) is 10.6. The number of rotatable bonds is 2. The van der Waals surface area contributed by atoms with Crippen LogP contribution in [-0.4, -0.2) is 5.78 Å². The second-order valence-electron chi connectivity index (χ2n) is 4.61. The van der Waals surface area contributed by atoms with E-state index in [1.54, 1.807) is 25.1 Å². The van der Waals surface area contributed by atoms with E-state index in [1.807, 2.05) is 0 Å². The molecule has 100 valence electrons. The summed E-state index contributed by atoms with van der Waals surface area (Å²) in [5.74, 6) is -1.26. The molecule has 0 fully saturated rings. The molecule has 0 saturated heterocycles. The number of hydrogen-bond donors (Lipinski definition) is 0. The number of thiophene rings is 1. The number of benzene rings is 2. The second-order valence-corrected chi connectivity index (χ2v) is 5.69. The van der Waals surface area contributed by atoms with Gasteiger partial charge < -0.3 is 0 Å². The van der Waals surface area contributed by atoms with Gasteiger partial charge in [-0.3, -0.25) is 4.79 Å². The summed E-state index contributed by atoms with van der Waals surface area (Å²) in [6.07, 6.45) is 0. The minimum atomic E-state index is -0.538. The zero-order chi connectivity index (χ0) is 14.3. The van der Waals surface area contributed by atoms with Crippen molar-refractivity contribution in [3.63, 3.8) is 0 Å². The Labute approximate surface area is 118 Å². The molecule has 0 N–H and O–H groups in total. The van der Waals surface area contributed by atoms with Gasteiger partial charge in [-0.05, 0) is 48.7 Å². The maximum absolute atomic E-state index is 13.7. The van der Waals surface area contributed by atoms with Crippen LogP contribution in [0.3, 0.4) is 0 Å². The van der Waals surface area contributed by atoms with Crippen LogP contribution in [0, 0.1) is 18.6 Å². The fourth-order valence-electron chi connectivity index (χ4n) is 2.07. The van der Waals surface area contributed by atoms with Crippen LogP contribution in [0.5, 0.6) is 0 Å². The number of carbonyl (C=O) groups is 1. The van der Waals surface area contributed by atoms with E-state index in [2.05, 4.69) is 0 Å². The van der Waals surface area contributed by atoms with E-state index >= 15 is 0 Å². The number of hydrogen-bond acceptors (Lipinski definition) is 2. The summed E-state index contributed by atoms with van der Waals surface area (Å²) < 4.78 is 27.7. The molecule has 0 aliphatic heterocycles. The van der Waals surface area contributed by atoms with Crippen molar-refractivity contribution in [2.45, 2.75) is 6.92 Å². The topological polar surface area (TPSA) is 17.1 Å². The van der Waals surface area contributed by atoms with Gasteiger partial charge in [-0.1, -0.05) is 11.6 Å². The fraction of sp³-hybridized carbons (Fsp3) is 0.0625. The number of ketones is 1. The number of carbonyl (C=O) groups excluding carboxylic acids is 1. The molecule has 1 heterocycles. The first-order chi connectivity index (χ1) is 9.54. The Morgan fingerprint density at radius 2 is 1.85 bits per heavy atom. The summed E-state index contributed by atoms with van der Waals surface area (Å²) in [6.45, 7) is 1.80. The molecule has 0 aliphatic rings. The molecule has 0 unspecified atom stereocenters. The van der Waals surface area contributed by atoms with Gasteiger partial charge in [-0.2, -0.15) is 0 Å². The molecule has 3 aromatic rings. The van der Waals surface area contributed by atoms with Crippen molar-refractivity contribution >= 4 is 27.2 Å². The molecule has 0 amide bonds. The van der Waals surface area contributed by atoms with Gasteiger partial charge in [0, 0.05) is 4.70 Å². The molecule has 1 aromatic heterocycles. The highest BCUT2D eigenvalue weighted by Gasteiger charge is 2.17. The van der Waals surface area contributed by atoms with E-state index in [0.717, 1.165) is 10.3 Å². The molecular weight excluding hydrogens is 278 g/mol. The second kappa shape index (κ2) is 4.80. The first-order valence-electron chi connectivity index (χ1n) is 6.04. The highest BCUT2D eigenvalue weighted by molar-refractivity contribution is 7.21. The monoisotopic (exact) mass is 288 g/mol. The minimum Gasteiger partial charge on any atom is -0.288 e. The third-order valence-electron chi connectivity index (χ3n) is 3.07. The predicted molar refractivity (Wildman–Crippen MR) is 76.4 cm³/mol. The van der Waals surface area contributed by atoms with Crippen molar-refractivity contribution in [1.29, 1.82) is 0 Å². The first kappa shape index (κ1) is 12.9. The molecule has 20 heavy (non-hydrogen) atoms. The molecule has 0 saturated carbocycles.